The summed E-state index contributed by atoms with van der Waals surface area (Å²) in [6.45, 7) is 4.52. The molecular formula is C27H37N3O4. The van der Waals surface area contributed by atoms with Crippen molar-refractivity contribution in [1.29, 1.82) is 0 Å². The van der Waals surface area contributed by atoms with Crippen LogP contribution >= 0.6 is 0 Å². The Balaban J connectivity index is 1.56. The third kappa shape index (κ3) is 5.83. The molecule has 2 unspecified atom stereocenters. The Morgan fingerprint density at radius 2 is 1.85 bits per heavy atom. The molecule has 1 heterocycles. The number of methoxy groups -OCH3 is 1. The van der Waals surface area contributed by atoms with E-state index in [1.807, 2.05) is 31.2 Å². The second kappa shape index (κ2) is 11.6. The third-order valence-corrected chi connectivity index (χ3v) is 6.82. The second-order valence-corrected chi connectivity index (χ2v) is 9.10. The number of piperazine rings is 1. The molecule has 2 aliphatic rings. The summed E-state index contributed by atoms with van der Waals surface area (Å²) in [6, 6.07) is 16.6. The summed E-state index contributed by atoms with van der Waals surface area (Å²) in [6.07, 6.45) is 4.96. The topological polar surface area (TPSA) is 77.3 Å². The predicted molar refractivity (Wildman–Crippen MR) is 133 cm³/mol. The molecule has 0 radical (unpaired) electrons. The first kappa shape index (κ1) is 24.4. The van der Waals surface area contributed by atoms with E-state index in [0.717, 1.165) is 49.5 Å². The number of amides is 1. The Kier molecular flexibility index (Phi) is 8.29. The number of anilines is 1. The summed E-state index contributed by atoms with van der Waals surface area (Å²) in [4.78, 5) is 16.7. The molecular weight excluding hydrogens is 430 g/mol. The van der Waals surface area contributed by atoms with Crippen molar-refractivity contribution in [2.24, 2.45) is 5.73 Å². The fraction of sp³-hybridized carbons (Fsp3) is 0.519. The molecule has 0 bridgehead atoms. The minimum atomic E-state index is -0.724. The minimum Gasteiger partial charge on any atom is -0.493 e. The number of nitrogens with zero attached hydrogens (tertiary/aromatic N) is 2. The average molecular weight is 468 g/mol. The summed E-state index contributed by atoms with van der Waals surface area (Å²) < 4.78 is 17.7. The number of ether oxygens (including phenoxy) is 3. The molecule has 4 rings (SSSR count). The molecule has 1 amide bonds. The van der Waals surface area contributed by atoms with Gasteiger partial charge in [0.25, 0.3) is 5.91 Å². The molecule has 2 aromatic rings. The number of carbonyl (C=O) groups excluding carboxylic acids is 1. The minimum absolute atomic E-state index is 0.0708. The zero-order valence-corrected chi connectivity index (χ0v) is 20.3. The van der Waals surface area contributed by atoms with Crippen LogP contribution in [0.2, 0.25) is 0 Å². The summed E-state index contributed by atoms with van der Waals surface area (Å²) in [5.41, 5.74) is 8.05. The highest BCUT2D eigenvalue weighted by molar-refractivity contribution is 5.78. The monoisotopic (exact) mass is 467 g/mol. The van der Waals surface area contributed by atoms with Crippen molar-refractivity contribution in [3.05, 3.63) is 54.1 Å². The van der Waals surface area contributed by atoms with Gasteiger partial charge in [0.1, 0.15) is 0 Å². The number of carbonyl (C=O) groups is 1. The van der Waals surface area contributed by atoms with Gasteiger partial charge in [-0.15, -0.1) is 0 Å². The van der Waals surface area contributed by atoms with E-state index in [2.05, 4.69) is 34.1 Å². The molecule has 2 aromatic carbocycles. The summed E-state index contributed by atoms with van der Waals surface area (Å²) in [7, 11) is 1.68. The van der Waals surface area contributed by atoms with Gasteiger partial charge in [0.05, 0.1) is 13.2 Å². The van der Waals surface area contributed by atoms with E-state index in [9.17, 15) is 4.79 Å². The summed E-state index contributed by atoms with van der Waals surface area (Å²) in [5, 5.41) is 0. The maximum atomic E-state index is 12.2. The van der Waals surface area contributed by atoms with E-state index >= 15 is 0 Å². The van der Waals surface area contributed by atoms with Crippen molar-refractivity contribution in [3.8, 4) is 11.5 Å². The molecule has 2 N–H and O–H groups in total. The standard InChI is InChI=1S/C27H37N3O4/c1-3-33-27(26(28)31)30-16-15-29(19-22(30)17-20-9-5-4-6-10-20)21-13-14-24(32-2)25(18-21)34-23-11-7-8-12-23/h4-6,9-10,13-14,18,22-23,27H,3,7-8,11-12,15-17,19H2,1-2H3,(H2,28,31). The first-order chi connectivity index (χ1) is 16.6. The highest BCUT2D eigenvalue weighted by atomic mass is 16.5. The van der Waals surface area contributed by atoms with Gasteiger partial charge in [0, 0.05) is 44.0 Å². The van der Waals surface area contributed by atoms with E-state index < -0.39 is 12.1 Å². The van der Waals surface area contributed by atoms with Gasteiger partial charge < -0.3 is 24.8 Å². The van der Waals surface area contributed by atoms with Crippen LogP contribution in [-0.4, -0.2) is 62.5 Å². The van der Waals surface area contributed by atoms with Crippen LogP contribution in [-0.2, 0) is 16.0 Å². The normalized spacial score (nSPS) is 20.3. The third-order valence-electron chi connectivity index (χ3n) is 6.82. The highest BCUT2D eigenvalue weighted by Crippen LogP contribution is 2.36. The van der Waals surface area contributed by atoms with Gasteiger partial charge in [-0.3, -0.25) is 9.69 Å². The van der Waals surface area contributed by atoms with Crippen molar-refractivity contribution < 1.29 is 19.0 Å². The Morgan fingerprint density at radius 3 is 2.53 bits per heavy atom. The molecule has 1 saturated carbocycles. The van der Waals surface area contributed by atoms with Gasteiger partial charge in [0.15, 0.2) is 17.7 Å². The maximum Gasteiger partial charge on any atom is 0.261 e. The van der Waals surface area contributed by atoms with Crippen molar-refractivity contribution in [3.63, 3.8) is 0 Å². The van der Waals surface area contributed by atoms with Gasteiger partial charge in [-0.05, 0) is 56.7 Å². The Bertz CT molecular complexity index is 933. The van der Waals surface area contributed by atoms with E-state index in [4.69, 9.17) is 19.9 Å². The molecule has 1 saturated heterocycles. The smallest absolute Gasteiger partial charge is 0.261 e. The van der Waals surface area contributed by atoms with Crippen LogP contribution in [0.25, 0.3) is 0 Å². The van der Waals surface area contributed by atoms with Gasteiger partial charge in [-0.25, -0.2) is 0 Å². The Hall–Kier alpha value is -2.77. The number of nitrogens with two attached hydrogens (primary N) is 1. The molecule has 0 aromatic heterocycles. The van der Waals surface area contributed by atoms with Gasteiger partial charge >= 0.3 is 0 Å². The molecule has 0 spiro atoms. The van der Waals surface area contributed by atoms with Crippen LogP contribution in [0.5, 0.6) is 11.5 Å². The van der Waals surface area contributed by atoms with Crippen LogP contribution < -0.4 is 20.1 Å². The van der Waals surface area contributed by atoms with Crippen LogP contribution in [0.1, 0.15) is 38.2 Å². The number of hydrogen-bond acceptors (Lipinski definition) is 6. The van der Waals surface area contributed by atoms with Gasteiger partial charge in [0.2, 0.25) is 0 Å². The van der Waals surface area contributed by atoms with Crippen LogP contribution in [0, 0.1) is 0 Å². The fourth-order valence-electron chi connectivity index (χ4n) is 5.12. The average Bonchev–Trinajstić information content (AvgIpc) is 3.36. The van der Waals surface area contributed by atoms with Crippen LogP contribution in [0.15, 0.2) is 48.5 Å². The summed E-state index contributed by atoms with van der Waals surface area (Å²) >= 11 is 0. The largest absolute Gasteiger partial charge is 0.493 e. The molecule has 1 aliphatic heterocycles. The predicted octanol–water partition coefficient (Wildman–Crippen LogP) is 3.60. The van der Waals surface area contributed by atoms with E-state index in [-0.39, 0.29) is 12.1 Å². The lowest BCUT2D eigenvalue weighted by molar-refractivity contribution is -0.147. The van der Waals surface area contributed by atoms with Crippen molar-refractivity contribution in [2.45, 2.75) is 57.4 Å². The van der Waals surface area contributed by atoms with E-state index in [1.165, 1.54) is 18.4 Å². The number of primary amides is 1. The molecule has 34 heavy (non-hydrogen) atoms. The Labute approximate surface area is 202 Å². The molecule has 1 aliphatic carbocycles. The summed E-state index contributed by atoms with van der Waals surface area (Å²) in [5.74, 6) is 1.13. The van der Waals surface area contributed by atoms with Crippen LogP contribution in [0.4, 0.5) is 5.69 Å². The van der Waals surface area contributed by atoms with E-state index in [1.54, 1.807) is 7.11 Å². The van der Waals surface area contributed by atoms with Gasteiger partial charge in [-0.2, -0.15) is 0 Å². The lowest BCUT2D eigenvalue weighted by Gasteiger charge is -2.45. The molecule has 7 nitrogen and oxygen atoms in total. The quantitative estimate of drug-likeness (QED) is 0.575. The Morgan fingerprint density at radius 1 is 1.09 bits per heavy atom. The van der Waals surface area contributed by atoms with E-state index in [0.29, 0.717) is 13.2 Å². The lowest BCUT2D eigenvalue weighted by Crippen LogP contribution is -2.61. The molecule has 7 heteroatoms. The molecule has 2 atom stereocenters. The van der Waals surface area contributed by atoms with Crippen molar-refractivity contribution in [2.75, 3.05) is 38.3 Å². The van der Waals surface area contributed by atoms with Crippen LogP contribution in [0.3, 0.4) is 0 Å². The fourth-order valence-corrected chi connectivity index (χ4v) is 5.12. The number of rotatable bonds is 10. The van der Waals surface area contributed by atoms with Crippen molar-refractivity contribution in [1.82, 2.24) is 4.90 Å². The zero-order valence-electron chi connectivity index (χ0n) is 20.3. The van der Waals surface area contributed by atoms with Crippen molar-refractivity contribution >= 4 is 11.6 Å². The maximum absolute atomic E-state index is 12.2. The highest BCUT2D eigenvalue weighted by Gasteiger charge is 2.35. The number of benzene rings is 2. The second-order valence-electron chi connectivity index (χ2n) is 9.10. The SMILES string of the molecule is CCOC(C(N)=O)N1CCN(c2ccc(OC)c(OC3CCCC3)c2)CC1Cc1ccccc1. The molecule has 2 fully saturated rings. The zero-order chi connectivity index (χ0) is 23.9. The first-order valence-corrected chi connectivity index (χ1v) is 12.4. The van der Waals surface area contributed by atoms with Gasteiger partial charge in [-0.1, -0.05) is 30.3 Å². The first-order valence-electron chi connectivity index (χ1n) is 12.4. The number of hydrogen-bond donors (Lipinski definition) is 1. The molecule has 184 valence electrons. The lowest BCUT2D eigenvalue weighted by atomic mass is 10.0.